The van der Waals surface area contributed by atoms with Gasteiger partial charge in [0.15, 0.2) is 17.3 Å². The summed E-state index contributed by atoms with van der Waals surface area (Å²) in [4.78, 5) is 25.8. The van der Waals surface area contributed by atoms with Crippen molar-refractivity contribution in [3.05, 3.63) is 46.3 Å². The van der Waals surface area contributed by atoms with Crippen molar-refractivity contribution in [2.24, 2.45) is 0 Å². The summed E-state index contributed by atoms with van der Waals surface area (Å²) in [5.41, 5.74) is 3.61. The number of carbonyl (C=O) groups excluding carboxylic acids is 2. The molecule has 0 unspecified atom stereocenters. The Kier molecular flexibility index (Phi) is 6.62. The van der Waals surface area contributed by atoms with Crippen LogP contribution in [-0.2, 0) is 14.3 Å². The van der Waals surface area contributed by atoms with Gasteiger partial charge in [-0.3, -0.25) is 4.79 Å². The zero-order valence-corrected chi connectivity index (χ0v) is 17.6. The Morgan fingerprint density at radius 2 is 2.00 bits per heavy atom. The highest BCUT2D eigenvalue weighted by Gasteiger charge is 2.39. The fourth-order valence-electron chi connectivity index (χ4n) is 4.00. The van der Waals surface area contributed by atoms with Crippen LogP contribution in [0.2, 0.25) is 0 Å². The first-order valence-electron chi connectivity index (χ1n) is 10.2. The molecule has 156 valence electrons. The van der Waals surface area contributed by atoms with Crippen LogP contribution in [0, 0.1) is 0 Å². The van der Waals surface area contributed by atoms with Gasteiger partial charge in [0.05, 0.1) is 25.9 Å². The molecule has 6 nitrogen and oxygen atoms in total. The number of allylic oxidation sites excluding steroid dienone is 3. The van der Waals surface area contributed by atoms with E-state index in [-0.39, 0.29) is 11.8 Å². The molecule has 1 N–H and O–H groups in total. The third-order valence-corrected chi connectivity index (χ3v) is 5.25. The van der Waals surface area contributed by atoms with E-state index in [4.69, 9.17) is 14.2 Å². The van der Waals surface area contributed by atoms with Crippen LogP contribution in [0.1, 0.15) is 57.9 Å². The molecule has 0 fully saturated rings. The smallest absolute Gasteiger partial charge is 0.336 e. The van der Waals surface area contributed by atoms with E-state index in [1.807, 2.05) is 39.0 Å². The number of hydrogen-bond donors (Lipinski definition) is 1. The molecule has 1 aromatic rings. The lowest BCUT2D eigenvalue weighted by molar-refractivity contribution is -0.139. The lowest BCUT2D eigenvalue weighted by atomic mass is 9.75. The lowest BCUT2D eigenvalue weighted by Crippen LogP contribution is -2.34. The summed E-state index contributed by atoms with van der Waals surface area (Å²) < 4.78 is 16.6. The van der Waals surface area contributed by atoms with Crippen molar-refractivity contribution in [3.63, 3.8) is 0 Å². The van der Waals surface area contributed by atoms with Gasteiger partial charge in [-0.05, 0) is 50.8 Å². The van der Waals surface area contributed by atoms with Crippen LogP contribution in [0.15, 0.2) is 40.7 Å². The number of Topliss-reactive ketones (excluding diaryl/α,β-unsaturated/α-hetero) is 1. The number of hydrogen-bond acceptors (Lipinski definition) is 6. The van der Waals surface area contributed by atoms with Gasteiger partial charge in [0, 0.05) is 29.3 Å². The van der Waals surface area contributed by atoms with E-state index in [1.165, 1.54) is 0 Å². The molecule has 1 aliphatic carbocycles. The van der Waals surface area contributed by atoms with Gasteiger partial charge < -0.3 is 19.5 Å². The zero-order chi connectivity index (χ0) is 21.0. The van der Waals surface area contributed by atoms with E-state index >= 15 is 0 Å². The number of methoxy groups -OCH3 is 1. The molecule has 0 saturated heterocycles. The fraction of sp³-hybridized carbons (Fsp3) is 0.478. The molecule has 0 bridgehead atoms. The van der Waals surface area contributed by atoms with Crippen molar-refractivity contribution in [2.45, 2.75) is 52.4 Å². The van der Waals surface area contributed by atoms with Crippen molar-refractivity contribution in [1.29, 1.82) is 0 Å². The standard InChI is InChI=1S/C23H29NO5/c1-5-12-29-23(26)20-14(3)24-16-8-7-9-17(25)22(16)21(20)15-10-11-18(28-6-2)19(13-15)27-4/h10-11,13,21,24H,5-9,12H2,1-4H3/t21-/m0/s1. The molecule has 1 atom stereocenters. The van der Waals surface area contributed by atoms with E-state index in [1.54, 1.807) is 7.11 Å². The first-order chi connectivity index (χ1) is 14.0. The summed E-state index contributed by atoms with van der Waals surface area (Å²) in [5, 5.41) is 3.30. The number of ketones is 1. The highest BCUT2D eigenvalue weighted by molar-refractivity contribution is 6.03. The Morgan fingerprint density at radius 3 is 2.69 bits per heavy atom. The molecule has 0 amide bonds. The maximum atomic E-state index is 12.9. The van der Waals surface area contributed by atoms with Gasteiger partial charge >= 0.3 is 5.97 Å². The van der Waals surface area contributed by atoms with Crippen LogP contribution >= 0.6 is 0 Å². The number of benzene rings is 1. The van der Waals surface area contributed by atoms with E-state index in [0.717, 1.165) is 36.2 Å². The van der Waals surface area contributed by atoms with Gasteiger partial charge in [-0.2, -0.15) is 0 Å². The number of rotatable bonds is 7. The molecule has 0 saturated carbocycles. The molecule has 0 aromatic heterocycles. The average molecular weight is 399 g/mol. The molecule has 6 heteroatoms. The summed E-state index contributed by atoms with van der Waals surface area (Å²) in [5.74, 6) is 0.414. The summed E-state index contributed by atoms with van der Waals surface area (Å²) >= 11 is 0. The summed E-state index contributed by atoms with van der Waals surface area (Å²) in [7, 11) is 1.58. The molecular weight excluding hydrogens is 370 g/mol. The Hall–Kier alpha value is -2.76. The summed E-state index contributed by atoms with van der Waals surface area (Å²) in [6.45, 7) is 6.59. The quantitative estimate of drug-likeness (QED) is 0.698. The molecule has 1 heterocycles. The van der Waals surface area contributed by atoms with Crippen LogP contribution in [0.4, 0.5) is 0 Å². The molecule has 0 radical (unpaired) electrons. The van der Waals surface area contributed by atoms with Crippen LogP contribution in [0.25, 0.3) is 0 Å². The number of nitrogens with one attached hydrogen (secondary N) is 1. The SMILES string of the molecule is CCCOC(=O)C1=C(C)NC2=C(C(=O)CCC2)[C@H]1c1ccc(OCC)c(OC)c1. The minimum Gasteiger partial charge on any atom is -0.493 e. The van der Waals surface area contributed by atoms with E-state index in [9.17, 15) is 9.59 Å². The first-order valence-corrected chi connectivity index (χ1v) is 10.2. The van der Waals surface area contributed by atoms with E-state index in [0.29, 0.717) is 42.3 Å². The van der Waals surface area contributed by atoms with Crippen molar-refractivity contribution in [2.75, 3.05) is 20.3 Å². The van der Waals surface area contributed by atoms with Gasteiger partial charge in [-0.25, -0.2) is 4.79 Å². The largest absolute Gasteiger partial charge is 0.493 e. The van der Waals surface area contributed by atoms with Gasteiger partial charge in [0.1, 0.15) is 0 Å². The molecular formula is C23H29NO5. The minimum absolute atomic E-state index is 0.0740. The average Bonchev–Trinajstić information content (AvgIpc) is 2.71. The molecule has 1 aliphatic heterocycles. The summed E-state index contributed by atoms with van der Waals surface area (Å²) in [6.07, 6.45) is 2.83. The fourth-order valence-corrected chi connectivity index (χ4v) is 4.00. The van der Waals surface area contributed by atoms with Crippen molar-refractivity contribution in [1.82, 2.24) is 5.32 Å². The lowest BCUT2D eigenvalue weighted by Gasteiger charge is -2.34. The predicted octanol–water partition coefficient (Wildman–Crippen LogP) is 4.02. The number of esters is 1. The maximum Gasteiger partial charge on any atom is 0.336 e. The zero-order valence-electron chi connectivity index (χ0n) is 17.6. The maximum absolute atomic E-state index is 12.9. The van der Waals surface area contributed by atoms with Crippen LogP contribution < -0.4 is 14.8 Å². The van der Waals surface area contributed by atoms with Gasteiger partial charge in [-0.1, -0.05) is 13.0 Å². The number of ether oxygens (including phenoxy) is 3. The molecule has 0 spiro atoms. The van der Waals surface area contributed by atoms with Gasteiger partial charge in [0.25, 0.3) is 0 Å². The van der Waals surface area contributed by atoms with Crippen LogP contribution in [0.3, 0.4) is 0 Å². The van der Waals surface area contributed by atoms with Crippen molar-refractivity contribution in [3.8, 4) is 11.5 Å². The van der Waals surface area contributed by atoms with Gasteiger partial charge in [0.2, 0.25) is 0 Å². The second-order valence-corrected chi connectivity index (χ2v) is 7.24. The minimum atomic E-state index is -0.479. The Bertz CT molecular complexity index is 868. The summed E-state index contributed by atoms with van der Waals surface area (Å²) in [6, 6.07) is 5.59. The van der Waals surface area contributed by atoms with E-state index in [2.05, 4.69) is 5.32 Å². The van der Waals surface area contributed by atoms with Crippen molar-refractivity contribution < 1.29 is 23.8 Å². The van der Waals surface area contributed by atoms with Crippen molar-refractivity contribution >= 4 is 11.8 Å². The first kappa shape index (κ1) is 21.0. The highest BCUT2D eigenvalue weighted by Crippen LogP contribution is 2.44. The van der Waals surface area contributed by atoms with Crippen LogP contribution in [-0.4, -0.2) is 32.1 Å². The van der Waals surface area contributed by atoms with Crippen LogP contribution in [0.5, 0.6) is 11.5 Å². The topological polar surface area (TPSA) is 73.9 Å². The monoisotopic (exact) mass is 399 g/mol. The van der Waals surface area contributed by atoms with Gasteiger partial charge in [-0.15, -0.1) is 0 Å². The highest BCUT2D eigenvalue weighted by atomic mass is 16.5. The third kappa shape index (κ3) is 4.16. The second kappa shape index (κ2) is 9.16. The third-order valence-electron chi connectivity index (χ3n) is 5.25. The molecule has 29 heavy (non-hydrogen) atoms. The Balaban J connectivity index is 2.12. The molecule has 3 rings (SSSR count). The predicted molar refractivity (Wildman–Crippen MR) is 110 cm³/mol. The molecule has 2 aliphatic rings. The Labute approximate surface area is 171 Å². The van der Waals surface area contributed by atoms with E-state index < -0.39 is 5.92 Å². The Morgan fingerprint density at radius 1 is 1.21 bits per heavy atom. The number of dihydropyridines is 1. The second-order valence-electron chi connectivity index (χ2n) is 7.24. The normalized spacial score (nSPS) is 18.9. The molecule has 1 aromatic carbocycles. The number of carbonyl (C=O) groups is 2.